The third kappa shape index (κ3) is 4.14. The zero-order valence-corrected chi connectivity index (χ0v) is 17.0. The van der Waals surface area contributed by atoms with Gasteiger partial charge in [-0.15, -0.1) is 10.2 Å². The Bertz CT molecular complexity index is 1000. The number of aromatic nitrogens is 5. The predicted octanol–water partition coefficient (Wildman–Crippen LogP) is 2.56. The zero-order valence-electron chi connectivity index (χ0n) is 17.0. The lowest BCUT2D eigenvalue weighted by Gasteiger charge is -2.37. The van der Waals surface area contributed by atoms with Crippen LogP contribution in [0, 0.1) is 11.7 Å². The molecule has 30 heavy (non-hydrogen) atoms. The first-order valence-corrected chi connectivity index (χ1v) is 10.0. The molecule has 0 bridgehead atoms. The van der Waals surface area contributed by atoms with Crippen LogP contribution in [0.5, 0.6) is 0 Å². The Balaban J connectivity index is 1.59. The Morgan fingerprint density at radius 3 is 2.63 bits per heavy atom. The Labute approximate surface area is 174 Å². The maximum absolute atomic E-state index is 15.1. The van der Waals surface area contributed by atoms with Crippen LogP contribution in [-0.4, -0.2) is 62.6 Å². The maximum Gasteiger partial charge on any atom is 0.272 e. The summed E-state index contributed by atoms with van der Waals surface area (Å²) in [6.07, 6.45) is 2.39. The minimum absolute atomic E-state index is 0.0895. The fraction of sp³-hybridized carbons (Fsp3) is 0.381. The van der Waals surface area contributed by atoms with Crippen molar-refractivity contribution in [2.24, 2.45) is 5.92 Å². The number of aromatic amines is 1. The van der Waals surface area contributed by atoms with Gasteiger partial charge < -0.3 is 9.80 Å². The molecule has 1 aliphatic heterocycles. The van der Waals surface area contributed by atoms with E-state index in [0.717, 1.165) is 17.7 Å². The van der Waals surface area contributed by atoms with E-state index in [-0.39, 0.29) is 17.5 Å². The smallest absolute Gasteiger partial charge is 0.272 e. The van der Waals surface area contributed by atoms with Gasteiger partial charge >= 0.3 is 0 Å². The summed E-state index contributed by atoms with van der Waals surface area (Å²) in [6, 6.07) is 8.86. The standard InChI is InChI=1S/C21H24FN7O/c1-14(2)11-15-12-16(22)19(20-24-26-27-25-20)18(13-15)28-7-9-29(10-8-28)21(30)17-5-3-4-6-23-17/h3-6,12-14H,7-11H2,1-2H3,(H,24,25,26,27). The van der Waals surface area contributed by atoms with Crippen LogP contribution in [0.25, 0.3) is 11.4 Å². The molecular formula is C21H24FN7O. The lowest BCUT2D eigenvalue weighted by Crippen LogP contribution is -2.49. The molecule has 1 aliphatic rings. The molecule has 9 heteroatoms. The molecule has 3 aromatic rings. The lowest BCUT2D eigenvalue weighted by atomic mass is 9.98. The molecule has 0 saturated carbocycles. The number of nitrogens with one attached hydrogen (secondary N) is 1. The molecule has 1 fully saturated rings. The summed E-state index contributed by atoms with van der Waals surface area (Å²) in [5.41, 5.74) is 2.43. The molecule has 8 nitrogen and oxygen atoms in total. The number of hydrogen-bond acceptors (Lipinski definition) is 6. The molecule has 0 unspecified atom stereocenters. The number of carbonyl (C=O) groups is 1. The van der Waals surface area contributed by atoms with Gasteiger partial charge in [0.2, 0.25) is 5.82 Å². The Morgan fingerprint density at radius 1 is 1.20 bits per heavy atom. The number of halogens is 1. The first-order valence-electron chi connectivity index (χ1n) is 10.0. The SMILES string of the molecule is CC(C)Cc1cc(F)c(-c2nn[nH]n2)c(N2CCN(C(=O)c3ccccn3)CC2)c1. The van der Waals surface area contributed by atoms with Crippen molar-refractivity contribution in [3.05, 3.63) is 53.6 Å². The van der Waals surface area contributed by atoms with Crippen molar-refractivity contribution in [2.45, 2.75) is 20.3 Å². The predicted molar refractivity (Wildman–Crippen MR) is 110 cm³/mol. The quantitative estimate of drug-likeness (QED) is 0.697. The minimum Gasteiger partial charge on any atom is -0.367 e. The van der Waals surface area contributed by atoms with Crippen LogP contribution >= 0.6 is 0 Å². The summed E-state index contributed by atoms with van der Waals surface area (Å²) in [4.78, 5) is 20.7. The molecule has 156 valence electrons. The fourth-order valence-corrected chi connectivity index (χ4v) is 3.78. The van der Waals surface area contributed by atoms with E-state index in [1.54, 1.807) is 35.4 Å². The monoisotopic (exact) mass is 409 g/mol. The first kappa shape index (κ1) is 19.9. The minimum atomic E-state index is -0.364. The van der Waals surface area contributed by atoms with Crippen molar-refractivity contribution >= 4 is 11.6 Å². The lowest BCUT2D eigenvalue weighted by molar-refractivity contribution is 0.0741. The normalized spacial score (nSPS) is 14.4. The number of carbonyl (C=O) groups excluding carboxylic acids is 1. The van der Waals surface area contributed by atoms with Crippen LogP contribution in [0.4, 0.5) is 10.1 Å². The van der Waals surface area contributed by atoms with Crippen molar-refractivity contribution in [1.29, 1.82) is 0 Å². The van der Waals surface area contributed by atoms with E-state index < -0.39 is 0 Å². The van der Waals surface area contributed by atoms with E-state index in [0.29, 0.717) is 43.4 Å². The van der Waals surface area contributed by atoms with Gasteiger partial charge in [-0.2, -0.15) is 5.21 Å². The molecule has 0 radical (unpaired) electrons. The Kier molecular flexibility index (Phi) is 5.69. The van der Waals surface area contributed by atoms with E-state index >= 15 is 4.39 Å². The zero-order chi connectivity index (χ0) is 21.1. The molecule has 1 amide bonds. The summed E-state index contributed by atoms with van der Waals surface area (Å²) in [5, 5.41) is 14.0. The van der Waals surface area contributed by atoms with Crippen LogP contribution < -0.4 is 4.90 Å². The van der Waals surface area contributed by atoms with Crippen LogP contribution in [0.15, 0.2) is 36.5 Å². The third-order valence-electron chi connectivity index (χ3n) is 5.13. The highest BCUT2D eigenvalue weighted by Gasteiger charge is 2.27. The topological polar surface area (TPSA) is 90.9 Å². The van der Waals surface area contributed by atoms with Gasteiger partial charge in [0, 0.05) is 32.4 Å². The number of hydrogen-bond donors (Lipinski definition) is 1. The summed E-state index contributed by atoms with van der Waals surface area (Å²) in [6.45, 7) is 6.41. The van der Waals surface area contributed by atoms with Gasteiger partial charge in [0.15, 0.2) is 0 Å². The van der Waals surface area contributed by atoms with Crippen LogP contribution in [0.1, 0.15) is 29.9 Å². The van der Waals surface area contributed by atoms with E-state index in [1.165, 1.54) is 0 Å². The number of pyridine rings is 1. The van der Waals surface area contributed by atoms with Gasteiger partial charge in [0.25, 0.3) is 5.91 Å². The van der Waals surface area contributed by atoms with Crippen molar-refractivity contribution < 1.29 is 9.18 Å². The summed E-state index contributed by atoms with van der Waals surface area (Å²) in [5.74, 6) is 0.177. The number of anilines is 1. The number of tetrazole rings is 1. The number of nitrogens with zero attached hydrogens (tertiary/aromatic N) is 6. The van der Waals surface area contributed by atoms with E-state index in [2.05, 4.69) is 44.4 Å². The van der Waals surface area contributed by atoms with E-state index in [9.17, 15) is 4.79 Å². The van der Waals surface area contributed by atoms with E-state index in [1.807, 2.05) is 6.07 Å². The number of benzene rings is 1. The average molecular weight is 409 g/mol. The second-order valence-electron chi connectivity index (χ2n) is 7.80. The van der Waals surface area contributed by atoms with E-state index in [4.69, 9.17) is 0 Å². The average Bonchev–Trinajstić information content (AvgIpc) is 3.27. The van der Waals surface area contributed by atoms with Gasteiger partial charge in [-0.05, 0) is 47.4 Å². The third-order valence-corrected chi connectivity index (χ3v) is 5.13. The van der Waals surface area contributed by atoms with Crippen molar-refractivity contribution in [3.63, 3.8) is 0 Å². The molecule has 1 aromatic carbocycles. The van der Waals surface area contributed by atoms with Gasteiger partial charge in [-0.3, -0.25) is 9.78 Å². The highest BCUT2D eigenvalue weighted by molar-refractivity contribution is 5.92. The van der Waals surface area contributed by atoms with Gasteiger partial charge in [0.1, 0.15) is 11.5 Å². The molecule has 0 aliphatic carbocycles. The molecule has 2 aromatic heterocycles. The second kappa shape index (κ2) is 8.56. The fourth-order valence-electron chi connectivity index (χ4n) is 3.78. The molecular weight excluding hydrogens is 385 g/mol. The summed E-state index contributed by atoms with van der Waals surface area (Å²) >= 11 is 0. The summed E-state index contributed by atoms with van der Waals surface area (Å²) < 4.78 is 15.1. The molecule has 0 spiro atoms. The first-order chi connectivity index (χ1) is 14.5. The number of rotatable bonds is 5. The van der Waals surface area contributed by atoms with Gasteiger partial charge in [-0.1, -0.05) is 19.9 Å². The molecule has 1 N–H and O–H groups in total. The number of piperazine rings is 1. The molecule has 0 atom stereocenters. The molecule has 3 heterocycles. The van der Waals surface area contributed by atoms with Crippen molar-refractivity contribution in [2.75, 3.05) is 31.1 Å². The van der Waals surface area contributed by atoms with Crippen LogP contribution in [-0.2, 0) is 6.42 Å². The molecule has 1 saturated heterocycles. The number of amides is 1. The number of H-pyrrole nitrogens is 1. The van der Waals surface area contributed by atoms with Crippen molar-refractivity contribution in [1.82, 2.24) is 30.5 Å². The van der Waals surface area contributed by atoms with Crippen molar-refractivity contribution in [3.8, 4) is 11.4 Å². The largest absolute Gasteiger partial charge is 0.367 e. The van der Waals surface area contributed by atoms with Gasteiger partial charge in [-0.25, -0.2) is 4.39 Å². The Morgan fingerprint density at radius 2 is 2.00 bits per heavy atom. The van der Waals surface area contributed by atoms with Crippen LogP contribution in [0.2, 0.25) is 0 Å². The van der Waals surface area contributed by atoms with Gasteiger partial charge in [0.05, 0.1) is 11.3 Å². The van der Waals surface area contributed by atoms with Crippen LogP contribution in [0.3, 0.4) is 0 Å². The Hall–Kier alpha value is -3.36. The second-order valence-corrected chi connectivity index (χ2v) is 7.80. The maximum atomic E-state index is 15.1. The highest BCUT2D eigenvalue weighted by Crippen LogP contribution is 2.34. The molecule has 4 rings (SSSR count). The summed E-state index contributed by atoms with van der Waals surface area (Å²) in [7, 11) is 0. The highest BCUT2D eigenvalue weighted by atomic mass is 19.1.